The number of hydrogen-bond acceptors (Lipinski definition) is 4. The number of anilines is 1. The van der Waals surface area contributed by atoms with Crippen LogP contribution < -0.4 is 5.32 Å². The van der Waals surface area contributed by atoms with E-state index < -0.39 is 17.0 Å². The number of carbonyl (C=O) groups is 2. The summed E-state index contributed by atoms with van der Waals surface area (Å²) in [4.78, 5) is 23.9. The van der Waals surface area contributed by atoms with Crippen LogP contribution in [0.25, 0.3) is 0 Å². The molecular weight excluding hydrogens is 494 g/mol. The fraction of sp³-hybridized carbons (Fsp3) is 0.714. The van der Waals surface area contributed by atoms with Crippen molar-refractivity contribution in [2.45, 2.75) is 120 Å². The van der Waals surface area contributed by atoms with E-state index in [2.05, 4.69) is 5.32 Å². The van der Waals surface area contributed by atoms with Crippen LogP contribution in [-0.2, 0) is 20.7 Å². The molecule has 6 nitrogen and oxygen atoms in total. The Morgan fingerprint density at radius 2 is 1.22 bits per heavy atom. The van der Waals surface area contributed by atoms with Crippen molar-refractivity contribution in [1.29, 1.82) is 0 Å². The maximum Gasteiger partial charge on any atom is 0.303 e. The number of amides is 1. The Kier molecular flexibility index (Phi) is 20.7. The molecule has 0 aliphatic heterocycles. The van der Waals surface area contributed by atoms with Gasteiger partial charge in [0, 0.05) is 23.5 Å². The van der Waals surface area contributed by atoms with Crippen molar-refractivity contribution in [2.24, 2.45) is 0 Å². The van der Waals surface area contributed by atoms with Crippen LogP contribution in [0.1, 0.15) is 116 Å². The highest BCUT2D eigenvalue weighted by atomic mass is 32.2. The maximum atomic E-state index is 12.4. The summed E-state index contributed by atoms with van der Waals surface area (Å²) in [6, 6.07) is 7.84. The number of para-hydroxylation sites is 1. The second-order valence-electron chi connectivity index (χ2n) is 9.47. The molecule has 0 aliphatic carbocycles. The standard InChI is InChI=1S/C28H47NO5S2/c30-27(29-25-19-15-16-20-26(25)35-23-17-18-24-36(33)34)21-13-11-9-7-5-3-1-2-4-6-8-10-12-14-22-28(31)32/h15-16,19-20H,1-14,17-18,21-24H2,(H,29,30)(H,31,32)(H,33,34). The number of nitrogens with one attached hydrogen (secondary N) is 1. The van der Waals surface area contributed by atoms with Crippen molar-refractivity contribution in [2.75, 3.05) is 16.8 Å². The number of hydrogen-bond donors (Lipinski definition) is 3. The van der Waals surface area contributed by atoms with Crippen LogP contribution in [0, 0.1) is 0 Å². The van der Waals surface area contributed by atoms with E-state index in [1.54, 1.807) is 11.8 Å². The SMILES string of the molecule is O=C(O)CCCCCCCCCCCCCCCCC(=O)Nc1ccccc1SCCCCS(=O)O. The Hall–Kier alpha value is -1.38. The van der Waals surface area contributed by atoms with Crippen LogP contribution in [-0.4, -0.2) is 37.3 Å². The Morgan fingerprint density at radius 1 is 0.722 bits per heavy atom. The molecule has 0 spiro atoms. The molecule has 206 valence electrons. The number of rotatable bonds is 24. The summed E-state index contributed by atoms with van der Waals surface area (Å²) in [5.74, 6) is 0.567. The van der Waals surface area contributed by atoms with Gasteiger partial charge in [-0.15, -0.1) is 11.8 Å². The monoisotopic (exact) mass is 541 g/mol. The van der Waals surface area contributed by atoms with Crippen LogP contribution in [0.15, 0.2) is 29.2 Å². The van der Waals surface area contributed by atoms with Gasteiger partial charge < -0.3 is 15.0 Å². The Morgan fingerprint density at radius 3 is 1.75 bits per heavy atom. The summed E-state index contributed by atoms with van der Waals surface area (Å²) in [5.41, 5.74) is 0.858. The molecule has 8 heteroatoms. The average molecular weight is 542 g/mol. The summed E-state index contributed by atoms with van der Waals surface area (Å²) < 4.78 is 19.5. The van der Waals surface area contributed by atoms with Gasteiger partial charge in [0.15, 0.2) is 11.1 Å². The molecule has 0 bridgehead atoms. The lowest BCUT2D eigenvalue weighted by atomic mass is 10.0. The van der Waals surface area contributed by atoms with Crippen molar-refractivity contribution in [3.63, 3.8) is 0 Å². The highest BCUT2D eigenvalue weighted by molar-refractivity contribution is 7.99. The van der Waals surface area contributed by atoms with Gasteiger partial charge in [-0.1, -0.05) is 89.2 Å². The summed E-state index contributed by atoms with van der Waals surface area (Å²) in [5, 5.41) is 11.7. The first-order valence-electron chi connectivity index (χ1n) is 13.8. The van der Waals surface area contributed by atoms with Gasteiger partial charge in [0.05, 0.1) is 5.69 Å². The second-order valence-corrected chi connectivity index (χ2v) is 11.7. The van der Waals surface area contributed by atoms with E-state index >= 15 is 0 Å². The quantitative estimate of drug-likeness (QED) is 0.0695. The molecule has 0 radical (unpaired) electrons. The highest BCUT2D eigenvalue weighted by Crippen LogP contribution is 2.28. The smallest absolute Gasteiger partial charge is 0.303 e. The zero-order valence-electron chi connectivity index (χ0n) is 21.9. The Balaban J connectivity index is 1.97. The number of thioether (sulfide) groups is 1. The molecule has 0 saturated heterocycles. The van der Waals surface area contributed by atoms with Crippen molar-refractivity contribution < 1.29 is 23.5 Å². The minimum atomic E-state index is -1.72. The highest BCUT2D eigenvalue weighted by Gasteiger charge is 2.07. The van der Waals surface area contributed by atoms with Gasteiger partial charge in [-0.05, 0) is 43.6 Å². The molecule has 1 amide bonds. The van der Waals surface area contributed by atoms with Crippen molar-refractivity contribution in [1.82, 2.24) is 0 Å². The molecule has 0 aliphatic rings. The zero-order valence-corrected chi connectivity index (χ0v) is 23.5. The molecule has 1 rings (SSSR count). The number of carboxylic acids is 1. The predicted octanol–water partition coefficient (Wildman–Crippen LogP) is 8.05. The number of carboxylic acid groups (broad SMARTS) is 1. The molecule has 1 aromatic carbocycles. The van der Waals surface area contributed by atoms with Crippen LogP contribution in [0.4, 0.5) is 5.69 Å². The predicted molar refractivity (Wildman–Crippen MR) is 152 cm³/mol. The van der Waals surface area contributed by atoms with E-state index in [9.17, 15) is 13.8 Å². The third kappa shape index (κ3) is 19.8. The van der Waals surface area contributed by atoms with Gasteiger partial charge in [0.2, 0.25) is 5.91 Å². The zero-order chi connectivity index (χ0) is 26.3. The van der Waals surface area contributed by atoms with Gasteiger partial charge in [-0.2, -0.15) is 0 Å². The topological polar surface area (TPSA) is 104 Å². The summed E-state index contributed by atoms with van der Waals surface area (Å²) in [6.45, 7) is 0. The van der Waals surface area contributed by atoms with E-state index in [1.807, 2.05) is 24.3 Å². The molecule has 0 saturated carbocycles. The van der Waals surface area contributed by atoms with Gasteiger partial charge >= 0.3 is 5.97 Å². The van der Waals surface area contributed by atoms with Crippen LogP contribution in [0.5, 0.6) is 0 Å². The lowest BCUT2D eigenvalue weighted by Crippen LogP contribution is -2.11. The summed E-state index contributed by atoms with van der Waals surface area (Å²) in [6.07, 6.45) is 18.9. The molecule has 1 atom stereocenters. The van der Waals surface area contributed by atoms with Crippen molar-refractivity contribution >= 4 is 40.4 Å². The molecule has 1 aromatic rings. The first-order chi connectivity index (χ1) is 17.5. The molecule has 0 aromatic heterocycles. The van der Waals surface area contributed by atoms with E-state index in [-0.39, 0.29) is 5.91 Å². The van der Waals surface area contributed by atoms with E-state index in [4.69, 9.17) is 9.66 Å². The van der Waals surface area contributed by atoms with Gasteiger partial charge in [-0.3, -0.25) is 9.59 Å². The summed E-state index contributed by atoms with van der Waals surface area (Å²) >= 11 is -0.0379. The first kappa shape index (κ1) is 32.6. The van der Waals surface area contributed by atoms with Gasteiger partial charge in [-0.25, -0.2) is 4.21 Å². The second kappa shape index (κ2) is 22.8. The van der Waals surface area contributed by atoms with Crippen LogP contribution in [0.3, 0.4) is 0 Å². The molecule has 1 unspecified atom stereocenters. The van der Waals surface area contributed by atoms with Gasteiger partial charge in [0.1, 0.15) is 0 Å². The normalized spacial score (nSPS) is 11.9. The van der Waals surface area contributed by atoms with Crippen LogP contribution in [0.2, 0.25) is 0 Å². The number of carbonyl (C=O) groups excluding carboxylic acids is 1. The number of benzene rings is 1. The van der Waals surface area contributed by atoms with E-state index in [0.29, 0.717) is 18.6 Å². The Bertz CT molecular complexity index is 744. The summed E-state index contributed by atoms with van der Waals surface area (Å²) in [7, 11) is 0. The third-order valence-electron chi connectivity index (χ3n) is 6.18. The maximum absolute atomic E-state index is 12.4. The Labute approximate surface area is 225 Å². The molecular formula is C28H47NO5S2. The lowest BCUT2D eigenvalue weighted by Gasteiger charge is -2.11. The fourth-order valence-electron chi connectivity index (χ4n) is 4.10. The van der Waals surface area contributed by atoms with Crippen molar-refractivity contribution in [3.05, 3.63) is 24.3 Å². The average Bonchev–Trinajstić information content (AvgIpc) is 2.84. The van der Waals surface area contributed by atoms with E-state index in [0.717, 1.165) is 61.3 Å². The van der Waals surface area contributed by atoms with Crippen LogP contribution >= 0.6 is 11.8 Å². The van der Waals surface area contributed by atoms with Gasteiger partial charge in [0.25, 0.3) is 0 Å². The molecule has 0 fully saturated rings. The number of aliphatic carboxylic acids is 1. The number of unbranched alkanes of at least 4 members (excludes halogenated alkanes) is 14. The van der Waals surface area contributed by atoms with E-state index in [1.165, 1.54) is 57.8 Å². The first-order valence-corrected chi connectivity index (χ1v) is 16.1. The molecule has 0 heterocycles. The minimum absolute atomic E-state index is 0.0700. The largest absolute Gasteiger partial charge is 0.481 e. The molecule has 3 N–H and O–H groups in total. The van der Waals surface area contributed by atoms with Crippen molar-refractivity contribution in [3.8, 4) is 0 Å². The lowest BCUT2D eigenvalue weighted by molar-refractivity contribution is -0.137. The third-order valence-corrected chi connectivity index (χ3v) is 7.97. The fourth-order valence-corrected chi connectivity index (χ4v) is 5.57. The molecule has 36 heavy (non-hydrogen) atoms. The minimum Gasteiger partial charge on any atom is -0.481 e.